The highest BCUT2D eigenvalue weighted by Crippen LogP contribution is 2.53. The molecule has 2 atom stereocenters. The monoisotopic (exact) mass is 338 g/mol. The minimum atomic E-state index is -0.126. The summed E-state index contributed by atoms with van der Waals surface area (Å²) in [5.41, 5.74) is 1.15. The number of nitrogens with one attached hydrogen (secondary N) is 1. The second kappa shape index (κ2) is 6.54. The van der Waals surface area contributed by atoms with Gasteiger partial charge in [0.05, 0.1) is 11.7 Å². The fourth-order valence-corrected chi connectivity index (χ4v) is 4.63. The number of hydrogen-bond donors (Lipinski definition) is 1. The predicted molar refractivity (Wildman–Crippen MR) is 98.3 cm³/mol. The van der Waals surface area contributed by atoms with E-state index in [9.17, 15) is 4.79 Å². The van der Waals surface area contributed by atoms with Crippen LogP contribution < -0.4 is 5.32 Å². The fraction of sp³-hybridized carbons (Fsp3) is 0.500. The summed E-state index contributed by atoms with van der Waals surface area (Å²) in [6, 6.07) is 12.4. The van der Waals surface area contributed by atoms with E-state index in [1.807, 2.05) is 16.8 Å². The van der Waals surface area contributed by atoms with E-state index in [0.717, 1.165) is 31.7 Å². The minimum absolute atomic E-state index is 0.000133. The molecule has 5 nitrogen and oxygen atoms in total. The number of benzene rings is 1. The maximum Gasteiger partial charge on any atom is 0.323 e. The van der Waals surface area contributed by atoms with Crippen molar-refractivity contribution in [1.82, 2.24) is 14.7 Å². The molecule has 2 fully saturated rings. The van der Waals surface area contributed by atoms with Gasteiger partial charge in [-0.2, -0.15) is 5.10 Å². The Morgan fingerprint density at radius 1 is 1.28 bits per heavy atom. The molecule has 5 heteroatoms. The molecule has 0 radical (unpaired) electrons. The quantitative estimate of drug-likeness (QED) is 0.907. The molecule has 2 amide bonds. The van der Waals surface area contributed by atoms with E-state index in [1.54, 1.807) is 6.20 Å². The average molecular weight is 338 g/mol. The fourth-order valence-electron chi connectivity index (χ4n) is 4.63. The van der Waals surface area contributed by atoms with E-state index < -0.39 is 0 Å². The van der Waals surface area contributed by atoms with Crippen molar-refractivity contribution in [2.75, 3.05) is 11.9 Å². The van der Waals surface area contributed by atoms with Crippen molar-refractivity contribution in [2.24, 2.45) is 5.92 Å². The summed E-state index contributed by atoms with van der Waals surface area (Å²) >= 11 is 0. The Morgan fingerprint density at radius 3 is 2.88 bits per heavy atom. The van der Waals surface area contributed by atoms with Crippen LogP contribution in [0, 0.1) is 5.92 Å². The van der Waals surface area contributed by atoms with Crippen molar-refractivity contribution in [3.63, 3.8) is 0 Å². The van der Waals surface area contributed by atoms with Crippen molar-refractivity contribution in [1.29, 1.82) is 0 Å². The van der Waals surface area contributed by atoms with Gasteiger partial charge in [-0.3, -0.25) is 5.32 Å². The van der Waals surface area contributed by atoms with Gasteiger partial charge in [0.1, 0.15) is 5.82 Å². The molecule has 25 heavy (non-hydrogen) atoms. The van der Waals surface area contributed by atoms with Gasteiger partial charge < -0.3 is 4.90 Å². The molecule has 1 aliphatic heterocycles. The number of anilines is 1. The summed E-state index contributed by atoms with van der Waals surface area (Å²) in [5, 5.41) is 7.39. The summed E-state index contributed by atoms with van der Waals surface area (Å²) in [6.07, 6.45) is 7.47. The molecule has 2 aliphatic rings. The van der Waals surface area contributed by atoms with Crippen molar-refractivity contribution >= 4 is 11.8 Å². The van der Waals surface area contributed by atoms with E-state index in [0.29, 0.717) is 5.92 Å². The highest BCUT2D eigenvalue weighted by molar-refractivity contribution is 5.90. The Hall–Kier alpha value is -2.30. The number of fused-ring (bicyclic) bond motifs is 1. The van der Waals surface area contributed by atoms with Crippen LogP contribution in [0.1, 0.15) is 44.6 Å². The molecule has 1 saturated carbocycles. The van der Waals surface area contributed by atoms with Gasteiger partial charge in [0.15, 0.2) is 0 Å². The first-order valence-electron chi connectivity index (χ1n) is 9.41. The van der Waals surface area contributed by atoms with E-state index in [-0.39, 0.29) is 11.6 Å². The SMILES string of the molecule is CCCn1nccc1NC(=O)N1C[C@@H]2CCCC[C@@]21c1ccccc1. The number of aryl methyl sites for hydroxylation is 1. The Kier molecular flexibility index (Phi) is 4.24. The Bertz CT molecular complexity index is 741. The van der Waals surface area contributed by atoms with Crippen LogP contribution in [-0.4, -0.2) is 27.3 Å². The third-order valence-electron chi connectivity index (χ3n) is 5.83. The number of carbonyl (C=O) groups is 1. The first kappa shape index (κ1) is 16.2. The second-order valence-electron chi connectivity index (χ2n) is 7.21. The maximum absolute atomic E-state index is 13.1. The van der Waals surface area contributed by atoms with Crippen molar-refractivity contribution in [2.45, 2.75) is 51.1 Å². The molecule has 2 heterocycles. The molecule has 4 rings (SSSR count). The number of carbonyl (C=O) groups excluding carboxylic acids is 1. The molecule has 0 spiro atoms. The molecule has 0 unspecified atom stereocenters. The largest absolute Gasteiger partial charge is 0.323 e. The first-order valence-corrected chi connectivity index (χ1v) is 9.41. The number of aromatic nitrogens is 2. The summed E-state index contributed by atoms with van der Waals surface area (Å²) < 4.78 is 1.87. The summed E-state index contributed by atoms with van der Waals surface area (Å²) in [5.74, 6) is 1.37. The van der Waals surface area contributed by atoms with Gasteiger partial charge in [0.25, 0.3) is 0 Å². The van der Waals surface area contributed by atoms with Crippen molar-refractivity contribution < 1.29 is 4.79 Å². The van der Waals surface area contributed by atoms with Gasteiger partial charge in [0, 0.05) is 25.1 Å². The second-order valence-corrected chi connectivity index (χ2v) is 7.21. The molecule has 1 N–H and O–H groups in total. The first-order chi connectivity index (χ1) is 12.3. The van der Waals surface area contributed by atoms with E-state index >= 15 is 0 Å². The predicted octanol–water partition coefficient (Wildman–Crippen LogP) is 4.23. The number of nitrogens with zero attached hydrogens (tertiary/aromatic N) is 3. The van der Waals surface area contributed by atoms with Gasteiger partial charge in [-0.15, -0.1) is 0 Å². The van der Waals surface area contributed by atoms with E-state index in [1.165, 1.54) is 24.8 Å². The zero-order valence-electron chi connectivity index (χ0n) is 14.8. The van der Waals surface area contributed by atoms with Gasteiger partial charge in [-0.1, -0.05) is 50.1 Å². The average Bonchev–Trinajstić information content (AvgIpc) is 3.04. The molecule has 1 aliphatic carbocycles. The van der Waals surface area contributed by atoms with Crippen LogP contribution in [0.2, 0.25) is 0 Å². The lowest BCUT2D eigenvalue weighted by molar-refractivity contribution is -0.0756. The number of likely N-dealkylation sites (tertiary alicyclic amines) is 1. The third kappa shape index (κ3) is 2.62. The molecule has 1 aromatic heterocycles. The van der Waals surface area contributed by atoms with Crippen LogP contribution >= 0.6 is 0 Å². The number of urea groups is 1. The van der Waals surface area contributed by atoms with Gasteiger partial charge >= 0.3 is 6.03 Å². The standard InChI is InChI=1S/C20H26N4O/c1-2-14-24-18(11-13-21-24)22-19(25)23-15-17-10-6-7-12-20(17,23)16-8-4-3-5-9-16/h3-5,8-9,11,13,17H,2,6-7,10,12,14-15H2,1H3,(H,22,25)/t17-,20+/m0/s1. The number of rotatable bonds is 4. The molecule has 1 aromatic carbocycles. The third-order valence-corrected chi connectivity index (χ3v) is 5.83. The summed E-state index contributed by atoms with van der Waals surface area (Å²) in [6.45, 7) is 3.78. The number of hydrogen-bond acceptors (Lipinski definition) is 2. The van der Waals surface area contributed by atoms with Crippen LogP contribution in [0.25, 0.3) is 0 Å². The Morgan fingerprint density at radius 2 is 2.12 bits per heavy atom. The zero-order chi connectivity index (χ0) is 17.3. The van der Waals surface area contributed by atoms with Crippen LogP contribution in [0.3, 0.4) is 0 Å². The summed E-state index contributed by atoms with van der Waals surface area (Å²) in [4.78, 5) is 15.1. The smallest absolute Gasteiger partial charge is 0.314 e. The molecular formula is C20H26N4O. The number of amides is 2. The lowest BCUT2D eigenvalue weighted by Gasteiger charge is -2.61. The van der Waals surface area contributed by atoms with E-state index in [2.05, 4.69) is 46.5 Å². The van der Waals surface area contributed by atoms with E-state index in [4.69, 9.17) is 0 Å². The lowest BCUT2D eigenvalue weighted by atomic mass is 9.62. The maximum atomic E-state index is 13.1. The molecule has 2 aromatic rings. The van der Waals surface area contributed by atoms with Crippen molar-refractivity contribution in [3.8, 4) is 0 Å². The molecule has 132 valence electrons. The zero-order valence-corrected chi connectivity index (χ0v) is 14.8. The van der Waals surface area contributed by atoms with Crippen molar-refractivity contribution in [3.05, 3.63) is 48.2 Å². The van der Waals surface area contributed by atoms with Gasteiger partial charge in [0.2, 0.25) is 0 Å². The highest BCUT2D eigenvalue weighted by Gasteiger charge is 2.57. The summed E-state index contributed by atoms with van der Waals surface area (Å²) in [7, 11) is 0. The molecular weight excluding hydrogens is 312 g/mol. The van der Waals surface area contributed by atoms with Crippen LogP contribution in [0.4, 0.5) is 10.6 Å². The Labute approximate surface area is 149 Å². The van der Waals surface area contributed by atoms with Crippen LogP contribution in [0.5, 0.6) is 0 Å². The van der Waals surface area contributed by atoms with Crippen LogP contribution in [0.15, 0.2) is 42.6 Å². The molecule has 1 saturated heterocycles. The minimum Gasteiger partial charge on any atom is -0.314 e. The van der Waals surface area contributed by atoms with Gasteiger partial charge in [-0.05, 0) is 24.8 Å². The molecule has 0 bridgehead atoms. The van der Waals surface area contributed by atoms with Gasteiger partial charge in [-0.25, -0.2) is 9.48 Å². The Balaban J connectivity index is 1.59. The van der Waals surface area contributed by atoms with Crippen LogP contribution in [-0.2, 0) is 12.1 Å². The topological polar surface area (TPSA) is 50.2 Å². The highest BCUT2D eigenvalue weighted by atomic mass is 16.2. The normalized spacial score (nSPS) is 25.2. The lowest BCUT2D eigenvalue weighted by Crippen LogP contribution is -2.68.